The molecule has 1 heterocycles. The zero-order chi connectivity index (χ0) is 11.5. The summed E-state index contributed by atoms with van der Waals surface area (Å²) < 4.78 is 5.02. The highest BCUT2D eigenvalue weighted by Gasteiger charge is 2.07. The first-order chi connectivity index (χ1) is 7.65. The molecule has 1 aromatic carbocycles. The van der Waals surface area contributed by atoms with Crippen molar-refractivity contribution in [3.8, 4) is 0 Å². The van der Waals surface area contributed by atoms with Gasteiger partial charge in [-0.25, -0.2) is 0 Å². The van der Waals surface area contributed by atoms with E-state index < -0.39 is 0 Å². The quantitative estimate of drug-likeness (QED) is 0.855. The summed E-state index contributed by atoms with van der Waals surface area (Å²) >= 11 is 0. The van der Waals surface area contributed by atoms with Gasteiger partial charge in [0.1, 0.15) is 0 Å². The molecule has 0 radical (unpaired) electrons. The van der Waals surface area contributed by atoms with E-state index in [0.717, 1.165) is 5.69 Å². The number of aromatic nitrogens is 2. The Kier molecular flexibility index (Phi) is 2.76. The fourth-order valence-electron chi connectivity index (χ4n) is 1.21. The molecule has 0 fully saturated rings. The first-order valence-corrected chi connectivity index (χ1v) is 5.00. The Hall–Kier alpha value is -2.04. The van der Waals surface area contributed by atoms with Crippen molar-refractivity contribution in [2.24, 2.45) is 0 Å². The SMILES string of the molecule is Cc1ccc(Nc2noc(N(C)C)n2)cc1. The standard InChI is InChI=1S/C11H14N4O/c1-8-4-6-9(7-5-8)12-10-13-11(15(2)3)16-14-10/h4-7H,1-3H3,(H,12,14). The highest BCUT2D eigenvalue weighted by atomic mass is 16.5. The van der Waals surface area contributed by atoms with Crippen LogP contribution in [0.1, 0.15) is 5.56 Å². The van der Waals surface area contributed by atoms with Crippen LogP contribution in [0.15, 0.2) is 28.8 Å². The van der Waals surface area contributed by atoms with Gasteiger partial charge in [0.15, 0.2) is 0 Å². The molecule has 1 N–H and O–H groups in total. The molecule has 5 nitrogen and oxygen atoms in total. The van der Waals surface area contributed by atoms with Gasteiger partial charge in [-0.1, -0.05) is 17.7 Å². The Morgan fingerprint density at radius 3 is 2.44 bits per heavy atom. The second-order valence-corrected chi connectivity index (χ2v) is 3.79. The summed E-state index contributed by atoms with van der Waals surface area (Å²) in [5.74, 6) is 0.465. The van der Waals surface area contributed by atoms with Gasteiger partial charge in [-0.2, -0.15) is 4.98 Å². The third-order valence-corrected chi connectivity index (χ3v) is 2.11. The molecule has 2 aromatic rings. The van der Waals surface area contributed by atoms with Crippen LogP contribution in [0.3, 0.4) is 0 Å². The lowest BCUT2D eigenvalue weighted by molar-refractivity contribution is 0.423. The molecule has 0 unspecified atom stereocenters. The summed E-state index contributed by atoms with van der Waals surface area (Å²) in [7, 11) is 3.70. The van der Waals surface area contributed by atoms with E-state index in [-0.39, 0.29) is 0 Å². The van der Waals surface area contributed by atoms with E-state index in [9.17, 15) is 0 Å². The van der Waals surface area contributed by atoms with Gasteiger partial charge < -0.3 is 14.7 Å². The van der Waals surface area contributed by atoms with Gasteiger partial charge in [-0.15, -0.1) is 0 Å². The third-order valence-electron chi connectivity index (χ3n) is 2.11. The van der Waals surface area contributed by atoms with Crippen LogP contribution in [0.25, 0.3) is 0 Å². The number of anilines is 3. The minimum Gasteiger partial charge on any atom is -0.330 e. The van der Waals surface area contributed by atoms with Crippen LogP contribution in [0.5, 0.6) is 0 Å². The topological polar surface area (TPSA) is 54.2 Å². The largest absolute Gasteiger partial charge is 0.330 e. The van der Waals surface area contributed by atoms with Crippen molar-refractivity contribution < 1.29 is 4.52 Å². The van der Waals surface area contributed by atoms with Crippen LogP contribution in [0, 0.1) is 6.92 Å². The molecule has 0 amide bonds. The van der Waals surface area contributed by atoms with Crippen LogP contribution in [0.2, 0.25) is 0 Å². The Morgan fingerprint density at radius 2 is 1.88 bits per heavy atom. The molecule has 0 atom stereocenters. The Bertz CT molecular complexity index is 461. The Labute approximate surface area is 94.1 Å². The molecule has 0 saturated heterocycles. The minimum absolute atomic E-state index is 0.465. The van der Waals surface area contributed by atoms with Crippen LogP contribution in [-0.4, -0.2) is 24.2 Å². The Morgan fingerprint density at radius 1 is 1.19 bits per heavy atom. The molecule has 0 aliphatic carbocycles. The summed E-state index contributed by atoms with van der Waals surface area (Å²) in [6, 6.07) is 8.47. The first kappa shape index (κ1) is 10.5. The fraction of sp³-hybridized carbons (Fsp3) is 0.273. The predicted molar refractivity (Wildman–Crippen MR) is 63.1 cm³/mol. The molecule has 0 aliphatic heterocycles. The Balaban J connectivity index is 2.11. The normalized spacial score (nSPS) is 10.2. The lowest BCUT2D eigenvalue weighted by atomic mass is 10.2. The number of nitrogens with zero attached hydrogens (tertiary/aromatic N) is 3. The summed E-state index contributed by atoms with van der Waals surface area (Å²) in [6.45, 7) is 2.04. The highest BCUT2D eigenvalue weighted by molar-refractivity contribution is 5.53. The summed E-state index contributed by atoms with van der Waals surface area (Å²) in [5, 5.41) is 6.88. The average Bonchev–Trinajstić information content (AvgIpc) is 2.70. The number of hydrogen-bond acceptors (Lipinski definition) is 5. The van der Waals surface area contributed by atoms with Gasteiger partial charge in [0.2, 0.25) is 0 Å². The molecule has 84 valence electrons. The van der Waals surface area contributed by atoms with Gasteiger partial charge in [-0.05, 0) is 24.2 Å². The molecule has 0 saturated carbocycles. The van der Waals surface area contributed by atoms with Gasteiger partial charge in [0.05, 0.1) is 0 Å². The molecule has 2 rings (SSSR count). The second-order valence-electron chi connectivity index (χ2n) is 3.79. The van der Waals surface area contributed by atoms with Crippen molar-refractivity contribution in [2.45, 2.75) is 6.92 Å². The predicted octanol–water partition coefficient (Wildman–Crippen LogP) is 2.19. The van der Waals surface area contributed by atoms with Crippen molar-refractivity contribution >= 4 is 17.7 Å². The number of aryl methyl sites for hydroxylation is 1. The molecule has 0 aliphatic rings. The van der Waals surface area contributed by atoms with E-state index in [0.29, 0.717) is 12.0 Å². The maximum atomic E-state index is 5.02. The van der Waals surface area contributed by atoms with Crippen molar-refractivity contribution in [3.63, 3.8) is 0 Å². The van der Waals surface area contributed by atoms with Gasteiger partial charge in [-0.3, -0.25) is 0 Å². The van der Waals surface area contributed by atoms with Crippen LogP contribution >= 0.6 is 0 Å². The molecule has 16 heavy (non-hydrogen) atoms. The maximum absolute atomic E-state index is 5.02. The van der Waals surface area contributed by atoms with E-state index in [1.807, 2.05) is 45.3 Å². The smallest absolute Gasteiger partial charge is 0.325 e. The minimum atomic E-state index is 0.465. The average molecular weight is 218 g/mol. The van der Waals surface area contributed by atoms with Crippen molar-refractivity contribution in [2.75, 3.05) is 24.3 Å². The summed E-state index contributed by atoms with van der Waals surface area (Å²) in [6.07, 6.45) is 0. The van der Waals surface area contributed by atoms with Crippen molar-refractivity contribution in [1.29, 1.82) is 0 Å². The molecule has 5 heteroatoms. The summed E-state index contributed by atoms with van der Waals surface area (Å²) in [5.41, 5.74) is 2.16. The molecular weight excluding hydrogens is 204 g/mol. The summed E-state index contributed by atoms with van der Waals surface area (Å²) in [4.78, 5) is 5.92. The van der Waals surface area contributed by atoms with Crippen LogP contribution < -0.4 is 10.2 Å². The van der Waals surface area contributed by atoms with E-state index >= 15 is 0 Å². The van der Waals surface area contributed by atoms with E-state index in [2.05, 4.69) is 15.5 Å². The lowest BCUT2D eigenvalue weighted by Crippen LogP contribution is -2.08. The van der Waals surface area contributed by atoms with Gasteiger partial charge in [0, 0.05) is 19.8 Å². The molecular formula is C11H14N4O. The van der Waals surface area contributed by atoms with Gasteiger partial charge >= 0.3 is 6.01 Å². The first-order valence-electron chi connectivity index (χ1n) is 5.00. The number of benzene rings is 1. The zero-order valence-electron chi connectivity index (χ0n) is 9.56. The second kappa shape index (κ2) is 4.22. The third kappa shape index (κ3) is 2.31. The molecule has 0 spiro atoms. The fourth-order valence-corrected chi connectivity index (χ4v) is 1.21. The number of hydrogen-bond donors (Lipinski definition) is 1. The van der Waals surface area contributed by atoms with E-state index in [1.165, 1.54) is 5.56 Å². The maximum Gasteiger partial charge on any atom is 0.325 e. The van der Waals surface area contributed by atoms with E-state index in [4.69, 9.17) is 4.52 Å². The molecule has 1 aromatic heterocycles. The number of nitrogens with one attached hydrogen (secondary N) is 1. The van der Waals surface area contributed by atoms with Crippen molar-refractivity contribution in [1.82, 2.24) is 10.1 Å². The van der Waals surface area contributed by atoms with Gasteiger partial charge in [0.25, 0.3) is 5.95 Å². The number of rotatable bonds is 3. The molecule has 0 bridgehead atoms. The van der Waals surface area contributed by atoms with Crippen LogP contribution in [-0.2, 0) is 0 Å². The monoisotopic (exact) mass is 218 g/mol. The van der Waals surface area contributed by atoms with Crippen LogP contribution in [0.4, 0.5) is 17.7 Å². The highest BCUT2D eigenvalue weighted by Crippen LogP contribution is 2.16. The van der Waals surface area contributed by atoms with E-state index in [1.54, 1.807) is 4.90 Å². The van der Waals surface area contributed by atoms with Crippen molar-refractivity contribution in [3.05, 3.63) is 29.8 Å². The zero-order valence-corrected chi connectivity index (χ0v) is 9.56. The lowest BCUT2D eigenvalue weighted by Gasteiger charge is -2.02.